The number of hydrogen-bond acceptors (Lipinski definition) is 3. The molecule has 114 valence electrons. The number of amides is 1. The number of halogens is 2. The minimum atomic E-state index is -0.953. The van der Waals surface area contributed by atoms with E-state index in [4.69, 9.17) is 10.5 Å². The van der Waals surface area contributed by atoms with Gasteiger partial charge in [-0.3, -0.25) is 4.79 Å². The van der Waals surface area contributed by atoms with Crippen LogP contribution in [0.1, 0.15) is 20.3 Å². The standard InChI is InChI=1S/C15H18FIN2O2/c1-14(2)12-9(5-6-21-12)15(14,18)13(20)19-11-4-3-8(16)7-10(11)17/h3-4,7,9,12H,5-6,18H2,1-2H3,(H,19,20). The van der Waals surface area contributed by atoms with Crippen molar-refractivity contribution in [2.45, 2.75) is 31.9 Å². The lowest BCUT2D eigenvalue weighted by molar-refractivity contribution is -0.170. The normalized spacial score (nSPS) is 33.2. The molecule has 0 bridgehead atoms. The minimum absolute atomic E-state index is 0.0422. The molecule has 2 fully saturated rings. The van der Waals surface area contributed by atoms with Crippen molar-refractivity contribution in [2.75, 3.05) is 11.9 Å². The van der Waals surface area contributed by atoms with Crippen molar-refractivity contribution in [3.8, 4) is 0 Å². The maximum atomic E-state index is 13.1. The first-order chi connectivity index (χ1) is 9.78. The monoisotopic (exact) mass is 404 g/mol. The predicted octanol–water partition coefficient (Wildman–Crippen LogP) is 2.51. The zero-order chi connectivity index (χ0) is 15.4. The molecule has 3 N–H and O–H groups in total. The summed E-state index contributed by atoms with van der Waals surface area (Å²) in [4.78, 5) is 12.7. The highest BCUT2D eigenvalue weighted by Gasteiger charge is 2.71. The fourth-order valence-corrected chi connectivity index (χ4v) is 4.27. The molecule has 1 aromatic carbocycles. The Morgan fingerprint density at radius 2 is 2.24 bits per heavy atom. The van der Waals surface area contributed by atoms with Crippen LogP contribution >= 0.6 is 22.6 Å². The van der Waals surface area contributed by atoms with E-state index in [2.05, 4.69) is 5.32 Å². The summed E-state index contributed by atoms with van der Waals surface area (Å²) in [6.07, 6.45) is 0.846. The lowest BCUT2D eigenvalue weighted by atomic mass is 9.48. The molecular formula is C15H18FIN2O2. The highest BCUT2D eigenvalue weighted by molar-refractivity contribution is 14.1. The number of hydrogen-bond donors (Lipinski definition) is 2. The molecule has 1 saturated carbocycles. The number of carbonyl (C=O) groups excluding carboxylic acids is 1. The number of ether oxygens (including phenoxy) is 1. The number of rotatable bonds is 2. The molecule has 1 amide bonds. The van der Waals surface area contributed by atoms with Crippen LogP contribution in [0.15, 0.2) is 18.2 Å². The average Bonchev–Trinajstić information content (AvgIpc) is 2.89. The summed E-state index contributed by atoms with van der Waals surface area (Å²) < 4.78 is 19.5. The number of nitrogens with two attached hydrogens (primary N) is 1. The van der Waals surface area contributed by atoms with E-state index < -0.39 is 11.0 Å². The minimum Gasteiger partial charge on any atom is -0.377 e. The highest BCUT2D eigenvalue weighted by Crippen LogP contribution is 2.58. The Morgan fingerprint density at radius 3 is 2.90 bits per heavy atom. The number of nitrogens with one attached hydrogen (secondary N) is 1. The van der Waals surface area contributed by atoms with Crippen LogP contribution in [-0.4, -0.2) is 24.2 Å². The summed E-state index contributed by atoms with van der Waals surface area (Å²) in [7, 11) is 0. The van der Waals surface area contributed by atoms with Crippen LogP contribution in [0.4, 0.5) is 10.1 Å². The molecule has 1 saturated heterocycles. The van der Waals surface area contributed by atoms with E-state index in [1.165, 1.54) is 12.1 Å². The molecular weight excluding hydrogens is 386 g/mol. The van der Waals surface area contributed by atoms with Gasteiger partial charge in [0.25, 0.3) is 0 Å². The van der Waals surface area contributed by atoms with Gasteiger partial charge in [-0.05, 0) is 47.2 Å². The van der Waals surface area contributed by atoms with Crippen LogP contribution in [-0.2, 0) is 9.53 Å². The number of fused-ring (bicyclic) bond motifs is 1. The van der Waals surface area contributed by atoms with Gasteiger partial charge in [0.1, 0.15) is 11.4 Å². The van der Waals surface area contributed by atoms with Gasteiger partial charge in [-0.2, -0.15) is 0 Å². The van der Waals surface area contributed by atoms with Gasteiger partial charge >= 0.3 is 0 Å². The van der Waals surface area contributed by atoms with Crippen molar-refractivity contribution in [2.24, 2.45) is 17.1 Å². The summed E-state index contributed by atoms with van der Waals surface area (Å²) >= 11 is 2.00. The first kappa shape index (κ1) is 15.2. The molecule has 21 heavy (non-hydrogen) atoms. The Kier molecular flexibility index (Phi) is 3.53. The first-order valence-corrected chi connectivity index (χ1v) is 8.03. The maximum Gasteiger partial charge on any atom is 0.245 e. The quantitative estimate of drug-likeness (QED) is 0.745. The molecule has 1 heterocycles. The molecule has 0 aromatic heterocycles. The Morgan fingerprint density at radius 1 is 1.52 bits per heavy atom. The summed E-state index contributed by atoms with van der Waals surface area (Å²) in [6.45, 7) is 4.59. The van der Waals surface area contributed by atoms with Crippen molar-refractivity contribution in [3.63, 3.8) is 0 Å². The first-order valence-electron chi connectivity index (χ1n) is 6.95. The van der Waals surface area contributed by atoms with Crippen LogP contribution in [0, 0.1) is 20.7 Å². The summed E-state index contributed by atoms with van der Waals surface area (Å²) in [5.41, 5.74) is 5.69. The van der Waals surface area contributed by atoms with Crippen molar-refractivity contribution in [3.05, 3.63) is 27.6 Å². The van der Waals surface area contributed by atoms with Gasteiger partial charge in [0.05, 0.1) is 11.8 Å². The van der Waals surface area contributed by atoms with E-state index in [-0.39, 0.29) is 23.7 Å². The molecule has 4 nitrogen and oxygen atoms in total. The van der Waals surface area contributed by atoms with E-state index in [1.807, 2.05) is 36.4 Å². The molecule has 3 rings (SSSR count). The molecule has 1 aliphatic heterocycles. The van der Waals surface area contributed by atoms with E-state index in [9.17, 15) is 9.18 Å². The lowest BCUT2D eigenvalue weighted by Crippen LogP contribution is -2.79. The smallest absolute Gasteiger partial charge is 0.245 e. The Bertz CT molecular complexity index is 607. The van der Waals surface area contributed by atoms with Crippen molar-refractivity contribution in [1.29, 1.82) is 0 Å². The van der Waals surface area contributed by atoms with Crippen LogP contribution in [0.2, 0.25) is 0 Å². The molecule has 3 atom stereocenters. The largest absolute Gasteiger partial charge is 0.377 e. The van der Waals surface area contributed by atoms with E-state index in [1.54, 1.807) is 6.07 Å². The van der Waals surface area contributed by atoms with Gasteiger partial charge in [0, 0.05) is 21.5 Å². The zero-order valence-electron chi connectivity index (χ0n) is 12.0. The molecule has 0 spiro atoms. The lowest BCUT2D eigenvalue weighted by Gasteiger charge is -2.60. The summed E-state index contributed by atoms with van der Waals surface area (Å²) in [6, 6.07) is 4.27. The predicted molar refractivity (Wildman–Crippen MR) is 86.3 cm³/mol. The van der Waals surface area contributed by atoms with Crippen molar-refractivity contribution in [1.82, 2.24) is 0 Å². The molecule has 1 aliphatic carbocycles. The highest BCUT2D eigenvalue weighted by atomic mass is 127. The topological polar surface area (TPSA) is 64.3 Å². The molecule has 0 radical (unpaired) electrons. The maximum absolute atomic E-state index is 13.1. The number of carbonyl (C=O) groups is 1. The van der Waals surface area contributed by atoms with Crippen LogP contribution in [0.25, 0.3) is 0 Å². The Hall–Kier alpha value is -0.730. The van der Waals surface area contributed by atoms with Gasteiger partial charge in [-0.15, -0.1) is 0 Å². The van der Waals surface area contributed by atoms with Crippen molar-refractivity contribution < 1.29 is 13.9 Å². The third-order valence-corrected chi connectivity index (χ3v) is 5.90. The third kappa shape index (κ3) is 2.03. The zero-order valence-corrected chi connectivity index (χ0v) is 14.1. The fourth-order valence-electron chi connectivity index (χ4n) is 3.66. The van der Waals surface area contributed by atoms with Crippen LogP contribution in [0.3, 0.4) is 0 Å². The van der Waals surface area contributed by atoms with Gasteiger partial charge in [-0.25, -0.2) is 4.39 Å². The van der Waals surface area contributed by atoms with Gasteiger partial charge in [-0.1, -0.05) is 13.8 Å². The van der Waals surface area contributed by atoms with Crippen LogP contribution in [0.5, 0.6) is 0 Å². The summed E-state index contributed by atoms with van der Waals surface area (Å²) in [5.74, 6) is -0.498. The molecule has 2 aliphatic rings. The SMILES string of the molecule is CC1(C)C2OCCC2C1(N)C(=O)Nc1ccc(F)cc1I. The second kappa shape index (κ2) is 4.89. The van der Waals surface area contributed by atoms with E-state index >= 15 is 0 Å². The third-order valence-electron chi connectivity index (χ3n) is 5.01. The molecule has 1 aromatic rings. The van der Waals surface area contributed by atoms with E-state index in [0.717, 1.165) is 6.42 Å². The van der Waals surface area contributed by atoms with Crippen LogP contribution < -0.4 is 11.1 Å². The summed E-state index contributed by atoms with van der Waals surface area (Å²) in [5, 5.41) is 2.85. The molecule has 3 unspecified atom stereocenters. The Balaban J connectivity index is 1.85. The van der Waals surface area contributed by atoms with Gasteiger partial charge in [0.15, 0.2) is 0 Å². The Labute approximate surface area is 136 Å². The fraction of sp³-hybridized carbons (Fsp3) is 0.533. The molecule has 6 heteroatoms. The van der Waals surface area contributed by atoms with Gasteiger partial charge < -0.3 is 15.8 Å². The second-order valence-corrected chi connectivity index (χ2v) is 7.52. The van der Waals surface area contributed by atoms with E-state index in [0.29, 0.717) is 15.9 Å². The number of anilines is 1. The van der Waals surface area contributed by atoms with Gasteiger partial charge in [0.2, 0.25) is 5.91 Å². The second-order valence-electron chi connectivity index (χ2n) is 6.36. The number of benzene rings is 1. The van der Waals surface area contributed by atoms with Crippen molar-refractivity contribution >= 4 is 34.2 Å². The average molecular weight is 404 g/mol.